The van der Waals surface area contributed by atoms with Crippen LogP contribution in [0.1, 0.15) is 5.82 Å². The molecule has 0 fully saturated rings. The van der Waals surface area contributed by atoms with E-state index < -0.39 is 5.97 Å². The summed E-state index contributed by atoms with van der Waals surface area (Å²) >= 11 is 5.74. The van der Waals surface area contributed by atoms with Crippen molar-refractivity contribution in [3.05, 3.63) is 23.1 Å². The van der Waals surface area contributed by atoms with Gasteiger partial charge in [0.1, 0.15) is 23.0 Å². The Kier molecular flexibility index (Phi) is 2.32. The summed E-state index contributed by atoms with van der Waals surface area (Å²) < 4.78 is 1.52. The molecule has 78 valence electrons. The van der Waals surface area contributed by atoms with Crippen molar-refractivity contribution in [2.24, 2.45) is 0 Å². The van der Waals surface area contributed by atoms with E-state index in [1.807, 2.05) is 0 Å². The van der Waals surface area contributed by atoms with Crippen LogP contribution in [0, 0.1) is 6.92 Å². The van der Waals surface area contributed by atoms with Gasteiger partial charge < -0.3 is 9.67 Å². The molecule has 0 saturated carbocycles. The van der Waals surface area contributed by atoms with E-state index in [1.165, 1.54) is 4.57 Å². The average Bonchev–Trinajstić information content (AvgIpc) is 2.43. The third kappa shape index (κ3) is 1.78. The second-order valence-electron chi connectivity index (χ2n) is 3.12. The van der Waals surface area contributed by atoms with Crippen molar-refractivity contribution in [3.63, 3.8) is 0 Å². The van der Waals surface area contributed by atoms with Crippen LogP contribution in [0.15, 0.2) is 12.1 Å². The first-order chi connectivity index (χ1) is 7.08. The number of fused-ring (bicyclic) bond motifs is 1. The van der Waals surface area contributed by atoms with Crippen LogP contribution in [0.4, 0.5) is 0 Å². The maximum Gasteiger partial charge on any atom is 0.323 e. The number of pyridine rings is 1. The predicted octanol–water partition coefficient (Wildman–Crippen LogP) is 1.48. The van der Waals surface area contributed by atoms with Crippen LogP contribution in [0.5, 0.6) is 0 Å². The van der Waals surface area contributed by atoms with Gasteiger partial charge in [0.15, 0.2) is 5.65 Å². The van der Waals surface area contributed by atoms with E-state index in [-0.39, 0.29) is 6.54 Å². The Hall–Kier alpha value is -1.62. The number of aryl methyl sites for hydroxylation is 1. The summed E-state index contributed by atoms with van der Waals surface area (Å²) in [6.45, 7) is 1.58. The highest BCUT2D eigenvalue weighted by atomic mass is 35.5. The molecule has 0 unspecified atom stereocenters. The number of carboxylic acids is 1. The fourth-order valence-electron chi connectivity index (χ4n) is 1.42. The van der Waals surface area contributed by atoms with E-state index in [0.717, 1.165) is 0 Å². The minimum atomic E-state index is -0.931. The summed E-state index contributed by atoms with van der Waals surface area (Å²) in [5.41, 5.74) is 1.15. The lowest BCUT2D eigenvalue weighted by Gasteiger charge is -2.01. The molecule has 0 aromatic carbocycles. The Morgan fingerprint density at radius 2 is 2.27 bits per heavy atom. The normalized spacial score (nSPS) is 10.8. The Balaban J connectivity index is 2.65. The summed E-state index contributed by atoms with van der Waals surface area (Å²) in [7, 11) is 0. The van der Waals surface area contributed by atoms with Crippen LogP contribution < -0.4 is 0 Å². The third-order valence-corrected chi connectivity index (χ3v) is 2.25. The molecule has 0 atom stereocenters. The summed E-state index contributed by atoms with van der Waals surface area (Å²) in [6.07, 6.45) is 0. The number of rotatable bonds is 2. The van der Waals surface area contributed by atoms with Gasteiger partial charge in [-0.15, -0.1) is 0 Å². The molecule has 2 rings (SSSR count). The molecule has 0 aliphatic carbocycles. The maximum atomic E-state index is 10.6. The van der Waals surface area contributed by atoms with Crippen molar-refractivity contribution < 1.29 is 9.90 Å². The number of carbonyl (C=O) groups is 1. The van der Waals surface area contributed by atoms with E-state index >= 15 is 0 Å². The van der Waals surface area contributed by atoms with Crippen LogP contribution in [0.2, 0.25) is 5.15 Å². The molecule has 2 heterocycles. The van der Waals surface area contributed by atoms with Crippen molar-refractivity contribution >= 4 is 28.7 Å². The zero-order valence-electron chi connectivity index (χ0n) is 7.94. The molecule has 0 aliphatic rings. The molecule has 0 spiro atoms. The smallest absolute Gasteiger partial charge is 0.323 e. The summed E-state index contributed by atoms with van der Waals surface area (Å²) in [4.78, 5) is 18.9. The van der Waals surface area contributed by atoms with Crippen molar-refractivity contribution in [2.45, 2.75) is 13.5 Å². The van der Waals surface area contributed by atoms with Crippen molar-refractivity contribution in [2.75, 3.05) is 0 Å². The first-order valence-corrected chi connectivity index (χ1v) is 4.67. The molecule has 2 aromatic rings. The van der Waals surface area contributed by atoms with Crippen LogP contribution in [-0.4, -0.2) is 25.6 Å². The molecule has 1 N–H and O–H groups in total. The van der Waals surface area contributed by atoms with Gasteiger partial charge in [-0.05, 0) is 19.1 Å². The molecule has 0 saturated heterocycles. The molecule has 6 heteroatoms. The topological polar surface area (TPSA) is 68.0 Å². The second kappa shape index (κ2) is 3.51. The number of carboxylic acid groups (broad SMARTS) is 1. The van der Waals surface area contributed by atoms with Crippen molar-refractivity contribution in [3.8, 4) is 0 Å². The first-order valence-electron chi connectivity index (χ1n) is 4.29. The molecule has 0 aliphatic heterocycles. The minimum absolute atomic E-state index is 0.157. The quantitative estimate of drug-likeness (QED) is 0.786. The number of imidazole rings is 1. The maximum absolute atomic E-state index is 10.6. The van der Waals surface area contributed by atoms with E-state index in [0.29, 0.717) is 22.1 Å². The highest BCUT2D eigenvalue weighted by Crippen LogP contribution is 2.16. The van der Waals surface area contributed by atoms with Gasteiger partial charge >= 0.3 is 5.97 Å². The summed E-state index contributed by atoms with van der Waals surface area (Å²) in [6, 6.07) is 3.34. The molecular formula is C9H8ClN3O2. The lowest BCUT2D eigenvalue weighted by molar-refractivity contribution is -0.137. The third-order valence-electron chi connectivity index (χ3n) is 2.04. The largest absolute Gasteiger partial charge is 0.480 e. The van der Waals surface area contributed by atoms with Gasteiger partial charge in [0, 0.05) is 0 Å². The van der Waals surface area contributed by atoms with Gasteiger partial charge in [0.25, 0.3) is 0 Å². The lowest BCUT2D eigenvalue weighted by atomic mass is 10.4. The Morgan fingerprint density at radius 1 is 1.53 bits per heavy atom. The van der Waals surface area contributed by atoms with Gasteiger partial charge in [-0.2, -0.15) is 0 Å². The average molecular weight is 226 g/mol. The fourth-order valence-corrected chi connectivity index (χ4v) is 1.56. The van der Waals surface area contributed by atoms with Gasteiger partial charge in [-0.3, -0.25) is 4.79 Å². The van der Waals surface area contributed by atoms with Crippen LogP contribution >= 0.6 is 11.6 Å². The van der Waals surface area contributed by atoms with Gasteiger partial charge in [-0.1, -0.05) is 11.6 Å². The molecule has 15 heavy (non-hydrogen) atoms. The SMILES string of the molecule is Cc1nc2ccc(Cl)nc2n1CC(=O)O. The molecule has 0 bridgehead atoms. The molecule has 5 nitrogen and oxygen atoms in total. The summed E-state index contributed by atoms with van der Waals surface area (Å²) in [5.74, 6) is -0.318. The summed E-state index contributed by atoms with van der Waals surface area (Å²) in [5, 5.41) is 9.06. The van der Waals surface area contributed by atoms with Crippen LogP contribution in [0.25, 0.3) is 11.2 Å². The molecular weight excluding hydrogens is 218 g/mol. The highest BCUT2D eigenvalue weighted by Gasteiger charge is 2.11. The predicted molar refractivity (Wildman–Crippen MR) is 54.9 cm³/mol. The Labute approximate surface area is 90.3 Å². The van der Waals surface area contributed by atoms with Crippen LogP contribution in [0.3, 0.4) is 0 Å². The van der Waals surface area contributed by atoms with Gasteiger partial charge in [0.05, 0.1) is 0 Å². The lowest BCUT2D eigenvalue weighted by Crippen LogP contribution is -2.10. The second-order valence-corrected chi connectivity index (χ2v) is 3.50. The first kappa shape index (κ1) is 9.92. The fraction of sp³-hybridized carbons (Fsp3) is 0.222. The molecule has 2 aromatic heterocycles. The molecule has 0 amide bonds. The van der Waals surface area contributed by atoms with Gasteiger partial charge in [0.2, 0.25) is 0 Å². The zero-order valence-corrected chi connectivity index (χ0v) is 8.69. The zero-order chi connectivity index (χ0) is 11.0. The number of nitrogens with zero attached hydrogens (tertiary/aromatic N) is 3. The Morgan fingerprint density at radius 3 is 2.93 bits per heavy atom. The monoisotopic (exact) mass is 225 g/mol. The Bertz CT molecular complexity index is 535. The van der Waals surface area contributed by atoms with E-state index in [2.05, 4.69) is 9.97 Å². The molecule has 0 radical (unpaired) electrons. The number of aliphatic carboxylic acids is 1. The van der Waals surface area contributed by atoms with E-state index in [1.54, 1.807) is 19.1 Å². The minimum Gasteiger partial charge on any atom is -0.480 e. The number of aromatic nitrogens is 3. The number of hydrogen-bond acceptors (Lipinski definition) is 3. The van der Waals surface area contributed by atoms with E-state index in [9.17, 15) is 4.79 Å². The highest BCUT2D eigenvalue weighted by molar-refractivity contribution is 6.29. The van der Waals surface area contributed by atoms with Crippen LogP contribution in [-0.2, 0) is 11.3 Å². The van der Waals surface area contributed by atoms with Gasteiger partial charge in [-0.25, -0.2) is 9.97 Å². The number of halogens is 1. The number of hydrogen-bond donors (Lipinski definition) is 1. The standard InChI is InChI=1S/C9H8ClN3O2/c1-5-11-6-2-3-7(10)12-9(6)13(5)4-8(14)15/h2-3H,4H2,1H3,(H,14,15). The van der Waals surface area contributed by atoms with Crippen molar-refractivity contribution in [1.29, 1.82) is 0 Å². The van der Waals surface area contributed by atoms with Crippen molar-refractivity contribution in [1.82, 2.24) is 14.5 Å². The van der Waals surface area contributed by atoms with E-state index in [4.69, 9.17) is 16.7 Å².